The number of benzene rings is 2. The molecule has 9 heteroatoms. The number of aryl methyl sites for hydroxylation is 1. The fourth-order valence-corrected chi connectivity index (χ4v) is 3.56. The van der Waals surface area contributed by atoms with Gasteiger partial charge in [-0.25, -0.2) is 4.39 Å². The minimum Gasteiger partial charge on any atom is -0.342 e. The highest BCUT2D eigenvalue weighted by molar-refractivity contribution is 7.99. The van der Waals surface area contributed by atoms with E-state index in [1.54, 1.807) is 24.6 Å². The van der Waals surface area contributed by atoms with E-state index in [2.05, 4.69) is 20.8 Å². The maximum absolute atomic E-state index is 13.8. The third-order valence-corrected chi connectivity index (χ3v) is 5.49. The Morgan fingerprint density at radius 1 is 1.13 bits per heavy atom. The first-order valence-corrected chi connectivity index (χ1v) is 10.3. The van der Waals surface area contributed by atoms with Crippen molar-refractivity contribution in [1.82, 2.24) is 20.1 Å². The Morgan fingerprint density at radius 2 is 1.83 bits per heavy atom. The van der Waals surface area contributed by atoms with Gasteiger partial charge in [0.15, 0.2) is 11.0 Å². The average molecular weight is 428 g/mol. The van der Waals surface area contributed by atoms with Crippen LogP contribution in [0.25, 0.3) is 0 Å². The number of carbonyl (C=O) groups is 2. The second kappa shape index (κ2) is 9.53. The summed E-state index contributed by atoms with van der Waals surface area (Å²) in [5.41, 5.74) is 1.72. The third-order valence-electron chi connectivity index (χ3n) is 4.47. The fraction of sp³-hybridized carbons (Fsp3) is 0.238. The third kappa shape index (κ3) is 5.04. The average Bonchev–Trinajstić information content (AvgIpc) is 3.09. The molecule has 0 unspecified atom stereocenters. The molecule has 0 saturated heterocycles. The van der Waals surface area contributed by atoms with Gasteiger partial charge in [0.05, 0.1) is 17.4 Å². The molecule has 3 aromatic rings. The molecule has 1 heterocycles. The number of nitrogens with one attached hydrogen (secondary N) is 2. The molecule has 0 aliphatic heterocycles. The van der Waals surface area contributed by atoms with Crippen LogP contribution in [0.1, 0.15) is 34.7 Å². The highest BCUT2D eigenvalue weighted by Gasteiger charge is 2.20. The summed E-state index contributed by atoms with van der Waals surface area (Å²) >= 11 is 1.24. The minimum absolute atomic E-state index is 0.0333. The van der Waals surface area contributed by atoms with Crippen LogP contribution in [0.3, 0.4) is 0 Å². The van der Waals surface area contributed by atoms with Crippen molar-refractivity contribution in [1.29, 1.82) is 0 Å². The van der Waals surface area contributed by atoms with Crippen molar-refractivity contribution < 1.29 is 14.0 Å². The van der Waals surface area contributed by atoms with Crippen LogP contribution in [0.15, 0.2) is 53.7 Å². The summed E-state index contributed by atoms with van der Waals surface area (Å²) in [7, 11) is 1.75. The zero-order valence-corrected chi connectivity index (χ0v) is 17.7. The van der Waals surface area contributed by atoms with Crippen molar-refractivity contribution in [2.45, 2.75) is 25.0 Å². The van der Waals surface area contributed by atoms with Crippen molar-refractivity contribution in [2.75, 3.05) is 11.1 Å². The molecular formula is C21H22FN5O2S. The van der Waals surface area contributed by atoms with E-state index in [1.807, 2.05) is 31.2 Å². The van der Waals surface area contributed by atoms with Gasteiger partial charge in [-0.1, -0.05) is 42.1 Å². The van der Waals surface area contributed by atoms with E-state index in [-0.39, 0.29) is 17.2 Å². The number of amides is 2. The Labute approximate surface area is 178 Å². The van der Waals surface area contributed by atoms with E-state index < -0.39 is 17.8 Å². The molecule has 1 atom stereocenters. The van der Waals surface area contributed by atoms with Gasteiger partial charge in [0.2, 0.25) is 5.91 Å². The predicted molar refractivity (Wildman–Crippen MR) is 114 cm³/mol. The summed E-state index contributed by atoms with van der Waals surface area (Å²) in [5.74, 6) is -0.608. The summed E-state index contributed by atoms with van der Waals surface area (Å²) in [6.45, 7) is 3.66. The van der Waals surface area contributed by atoms with Crippen LogP contribution in [0, 0.1) is 12.7 Å². The molecular weight excluding hydrogens is 405 g/mol. The van der Waals surface area contributed by atoms with Crippen molar-refractivity contribution in [3.8, 4) is 0 Å². The molecule has 0 saturated carbocycles. The molecule has 0 fully saturated rings. The molecule has 0 aliphatic rings. The number of hydrogen-bond acceptors (Lipinski definition) is 5. The van der Waals surface area contributed by atoms with Crippen molar-refractivity contribution >= 4 is 29.3 Å². The van der Waals surface area contributed by atoms with Crippen LogP contribution in [0.5, 0.6) is 0 Å². The Bertz CT molecular complexity index is 1070. The Kier molecular flexibility index (Phi) is 6.83. The predicted octanol–water partition coefficient (Wildman–Crippen LogP) is 3.48. The van der Waals surface area contributed by atoms with Crippen molar-refractivity contribution in [3.05, 3.63) is 71.3 Å². The first-order valence-electron chi connectivity index (χ1n) is 9.29. The molecule has 0 radical (unpaired) electrons. The summed E-state index contributed by atoms with van der Waals surface area (Å²) < 4.78 is 15.5. The van der Waals surface area contributed by atoms with Crippen LogP contribution in [0.2, 0.25) is 0 Å². The number of thioether (sulfide) groups is 1. The van der Waals surface area contributed by atoms with E-state index in [1.165, 1.54) is 30.0 Å². The van der Waals surface area contributed by atoms with Crippen LogP contribution < -0.4 is 10.6 Å². The van der Waals surface area contributed by atoms with Gasteiger partial charge in [0, 0.05) is 12.7 Å². The highest BCUT2D eigenvalue weighted by Crippen LogP contribution is 2.20. The van der Waals surface area contributed by atoms with E-state index >= 15 is 0 Å². The number of halogens is 1. The zero-order valence-electron chi connectivity index (χ0n) is 16.8. The zero-order chi connectivity index (χ0) is 21.7. The first-order chi connectivity index (χ1) is 14.4. The Morgan fingerprint density at radius 3 is 2.57 bits per heavy atom. The van der Waals surface area contributed by atoms with Crippen molar-refractivity contribution in [2.24, 2.45) is 7.05 Å². The van der Waals surface area contributed by atoms with Gasteiger partial charge in [0.25, 0.3) is 5.91 Å². The number of aromatic nitrogens is 3. The van der Waals surface area contributed by atoms with E-state index in [0.29, 0.717) is 11.0 Å². The number of rotatable bonds is 7. The van der Waals surface area contributed by atoms with Gasteiger partial charge in [-0.15, -0.1) is 10.2 Å². The number of carbonyl (C=O) groups excluding carboxylic acids is 2. The molecule has 2 N–H and O–H groups in total. The Hall–Kier alpha value is -3.20. The summed E-state index contributed by atoms with van der Waals surface area (Å²) in [6, 6.07) is 12.8. The standard InChI is InChI=1S/C21H22FN5O2S/c1-13-8-4-7-11-17(13)24-18(28)12-30-21-26-25-19(27(21)3)14(2)23-20(29)15-9-5-6-10-16(15)22/h4-11,14H,12H2,1-3H3,(H,23,29)(H,24,28)/t14-/m1/s1. The summed E-state index contributed by atoms with van der Waals surface area (Å²) in [6.07, 6.45) is 0. The minimum atomic E-state index is -0.587. The fourth-order valence-electron chi connectivity index (χ4n) is 2.84. The van der Waals surface area contributed by atoms with Gasteiger partial charge in [0.1, 0.15) is 5.82 Å². The smallest absolute Gasteiger partial charge is 0.254 e. The van der Waals surface area contributed by atoms with Crippen LogP contribution in [-0.4, -0.2) is 32.3 Å². The van der Waals surface area contributed by atoms with E-state index in [4.69, 9.17) is 0 Å². The molecule has 0 spiro atoms. The second-order valence-electron chi connectivity index (χ2n) is 6.73. The van der Waals surface area contributed by atoms with Crippen LogP contribution in [-0.2, 0) is 11.8 Å². The van der Waals surface area contributed by atoms with Gasteiger partial charge < -0.3 is 15.2 Å². The van der Waals surface area contributed by atoms with E-state index in [9.17, 15) is 14.0 Å². The maximum atomic E-state index is 13.8. The monoisotopic (exact) mass is 427 g/mol. The first kappa shape index (κ1) is 21.5. The van der Waals surface area contributed by atoms with Crippen molar-refractivity contribution in [3.63, 3.8) is 0 Å². The quantitative estimate of drug-likeness (QED) is 0.564. The lowest BCUT2D eigenvalue weighted by Crippen LogP contribution is -2.29. The summed E-state index contributed by atoms with van der Waals surface area (Å²) in [4.78, 5) is 24.6. The molecule has 3 rings (SSSR count). The summed E-state index contributed by atoms with van der Waals surface area (Å²) in [5, 5.41) is 14.3. The molecule has 30 heavy (non-hydrogen) atoms. The van der Waals surface area contributed by atoms with E-state index in [0.717, 1.165) is 11.3 Å². The molecule has 0 bridgehead atoms. The molecule has 156 valence electrons. The molecule has 7 nitrogen and oxygen atoms in total. The molecule has 1 aromatic heterocycles. The SMILES string of the molecule is Cc1ccccc1NC(=O)CSc1nnc([C@@H](C)NC(=O)c2ccccc2F)n1C. The van der Waals surface area contributed by atoms with Gasteiger partial charge in [-0.2, -0.15) is 0 Å². The second-order valence-corrected chi connectivity index (χ2v) is 7.67. The topological polar surface area (TPSA) is 88.9 Å². The van der Waals surface area contributed by atoms with Gasteiger partial charge >= 0.3 is 0 Å². The van der Waals surface area contributed by atoms with Gasteiger partial charge in [-0.05, 0) is 37.6 Å². The number of anilines is 1. The molecule has 2 aromatic carbocycles. The number of nitrogens with zero attached hydrogens (tertiary/aromatic N) is 3. The molecule has 2 amide bonds. The lowest BCUT2D eigenvalue weighted by molar-refractivity contribution is -0.113. The van der Waals surface area contributed by atoms with Crippen LogP contribution >= 0.6 is 11.8 Å². The highest BCUT2D eigenvalue weighted by atomic mass is 32.2. The molecule has 0 aliphatic carbocycles. The number of hydrogen-bond donors (Lipinski definition) is 2. The largest absolute Gasteiger partial charge is 0.342 e. The normalized spacial score (nSPS) is 11.7. The lowest BCUT2D eigenvalue weighted by Gasteiger charge is -2.14. The van der Waals surface area contributed by atoms with Crippen LogP contribution in [0.4, 0.5) is 10.1 Å². The maximum Gasteiger partial charge on any atom is 0.254 e. The number of para-hydroxylation sites is 1. The Balaban J connectivity index is 1.60. The lowest BCUT2D eigenvalue weighted by atomic mass is 10.2. The van der Waals surface area contributed by atoms with Gasteiger partial charge in [-0.3, -0.25) is 9.59 Å².